The van der Waals surface area contributed by atoms with Gasteiger partial charge in [-0.25, -0.2) is 4.39 Å². The van der Waals surface area contributed by atoms with E-state index in [2.05, 4.69) is 0 Å². The molecule has 2 aromatic carbocycles. The molecule has 154 valence electrons. The first-order valence-corrected chi connectivity index (χ1v) is 10.1. The van der Waals surface area contributed by atoms with E-state index in [1.807, 2.05) is 32.9 Å². The van der Waals surface area contributed by atoms with Crippen LogP contribution in [-0.2, 0) is 9.53 Å². The van der Waals surface area contributed by atoms with Crippen molar-refractivity contribution in [2.45, 2.75) is 46.1 Å². The summed E-state index contributed by atoms with van der Waals surface area (Å²) in [7, 11) is 0. The molecule has 0 aromatic heterocycles. The first-order chi connectivity index (χ1) is 13.8. The molecule has 5 heteroatoms. The van der Waals surface area contributed by atoms with Gasteiger partial charge in [-0.3, -0.25) is 9.59 Å². The maximum Gasteiger partial charge on any atom is 0.222 e. The van der Waals surface area contributed by atoms with Gasteiger partial charge in [-0.05, 0) is 56.0 Å². The molecule has 0 bridgehead atoms. The molecule has 1 heterocycles. The molecule has 0 radical (unpaired) electrons. The average molecular weight is 397 g/mol. The van der Waals surface area contributed by atoms with E-state index in [9.17, 15) is 14.0 Å². The molecule has 29 heavy (non-hydrogen) atoms. The quantitative estimate of drug-likeness (QED) is 0.664. The standard InChI is InChI=1S/C24H28FNO3/c1-16-13-17(2)24(18(3)14-16)21(27)5-4-6-23(28)26-11-12-29-22(15-26)19-7-9-20(25)10-8-19/h7-10,13-14,22H,4-6,11-12,15H2,1-3H3/t22-/m1/s1. The fourth-order valence-corrected chi connectivity index (χ4v) is 4.06. The maximum atomic E-state index is 13.1. The SMILES string of the molecule is Cc1cc(C)c(C(=O)CCCC(=O)N2CCO[C@@H](c3ccc(F)cc3)C2)c(C)c1. The molecule has 1 saturated heterocycles. The third-order valence-electron chi connectivity index (χ3n) is 5.41. The molecule has 4 nitrogen and oxygen atoms in total. The number of aryl methyl sites for hydroxylation is 3. The van der Waals surface area contributed by atoms with Gasteiger partial charge in [0.1, 0.15) is 11.9 Å². The van der Waals surface area contributed by atoms with Gasteiger partial charge in [0.25, 0.3) is 0 Å². The molecule has 1 aliphatic rings. The predicted molar refractivity (Wildman–Crippen MR) is 111 cm³/mol. The molecule has 0 saturated carbocycles. The van der Waals surface area contributed by atoms with Crippen LogP contribution >= 0.6 is 0 Å². The molecule has 1 aliphatic heterocycles. The summed E-state index contributed by atoms with van der Waals surface area (Å²) in [6.45, 7) is 7.39. The van der Waals surface area contributed by atoms with Gasteiger partial charge < -0.3 is 9.64 Å². The van der Waals surface area contributed by atoms with Crippen LogP contribution < -0.4 is 0 Å². The Bertz CT molecular complexity index is 868. The number of hydrogen-bond donors (Lipinski definition) is 0. The number of hydrogen-bond acceptors (Lipinski definition) is 3. The summed E-state index contributed by atoms with van der Waals surface area (Å²) >= 11 is 0. The lowest BCUT2D eigenvalue weighted by Crippen LogP contribution is -2.42. The van der Waals surface area contributed by atoms with Crippen molar-refractivity contribution in [1.29, 1.82) is 0 Å². The van der Waals surface area contributed by atoms with E-state index in [1.165, 1.54) is 12.1 Å². The summed E-state index contributed by atoms with van der Waals surface area (Å²) in [6, 6.07) is 10.2. The van der Waals surface area contributed by atoms with Crippen LogP contribution in [0.2, 0.25) is 0 Å². The predicted octanol–water partition coefficient (Wildman–Crippen LogP) is 4.70. The number of Topliss-reactive ketones (excluding diaryl/α,β-unsaturated/α-hetero) is 1. The topological polar surface area (TPSA) is 46.6 Å². The van der Waals surface area contributed by atoms with E-state index in [-0.39, 0.29) is 23.6 Å². The van der Waals surface area contributed by atoms with E-state index in [4.69, 9.17) is 4.74 Å². The minimum atomic E-state index is -0.291. The summed E-state index contributed by atoms with van der Waals surface area (Å²) in [5.41, 5.74) is 4.79. The van der Waals surface area contributed by atoms with Crippen LogP contribution in [0.5, 0.6) is 0 Å². The molecule has 2 aromatic rings. The van der Waals surface area contributed by atoms with Crippen LogP contribution in [0.3, 0.4) is 0 Å². The highest BCUT2D eigenvalue weighted by atomic mass is 19.1. The Kier molecular flexibility index (Phi) is 6.80. The molecule has 3 rings (SSSR count). The molecular weight excluding hydrogens is 369 g/mol. The number of benzene rings is 2. The van der Waals surface area contributed by atoms with Crippen LogP contribution in [0, 0.1) is 26.6 Å². The second-order valence-electron chi connectivity index (χ2n) is 7.80. The first-order valence-electron chi connectivity index (χ1n) is 10.1. The second-order valence-corrected chi connectivity index (χ2v) is 7.80. The van der Waals surface area contributed by atoms with Gasteiger partial charge in [0.05, 0.1) is 13.2 Å². The smallest absolute Gasteiger partial charge is 0.222 e. The van der Waals surface area contributed by atoms with Gasteiger partial charge in [-0.2, -0.15) is 0 Å². The van der Waals surface area contributed by atoms with Crippen molar-refractivity contribution >= 4 is 11.7 Å². The Morgan fingerprint density at radius 1 is 1.07 bits per heavy atom. The lowest BCUT2D eigenvalue weighted by atomic mass is 9.94. The molecular formula is C24H28FNO3. The van der Waals surface area contributed by atoms with Gasteiger partial charge >= 0.3 is 0 Å². The number of morpholine rings is 1. The zero-order valence-corrected chi connectivity index (χ0v) is 17.3. The van der Waals surface area contributed by atoms with E-state index in [0.717, 1.165) is 27.8 Å². The van der Waals surface area contributed by atoms with Crippen molar-refractivity contribution in [3.63, 3.8) is 0 Å². The Hall–Kier alpha value is -2.53. The van der Waals surface area contributed by atoms with Crippen molar-refractivity contribution in [3.8, 4) is 0 Å². The zero-order chi connectivity index (χ0) is 21.0. The number of rotatable bonds is 6. The lowest BCUT2D eigenvalue weighted by molar-refractivity contribution is -0.139. The fourth-order valence-electron chi connectivity index (χ4n) is 4.06. The molecule has 1 amide bonds. The Morgan fingerprint density at radius 3 is 2.38 bits per heavy atom. The number of amides is 1. The number of carbonyl (C=O) groups is 2. The van der Waals surface area contributed by atoms with Crippen molar-refractivity contribution in [1.82, 2.24) is 4.90 Å². The molecule has 1 fully saturated rings. The van der Waals surface area contributed by atoms with Gasteiger partial charge in [0.15, 0.2) is 5.78 Å². The highest BCUT2D eigenvalue weighted by Gasteiger charge is 2.25. The number of carbonyl (C=O) groups excluding carboxylic acids is 2. The molecule has 0 unspecified atom stereocenters. The summed E-state index contributed by atoms with van der Waals surface area (Å²) < 4.78 is 18.9. The molecule has 1 atom stereocenters. The Morgan fingerprint density at radius 2 is 1.72 bits per heavy atom. The number of nitrogens with zero attached hydrogens (tertiary/aromatic N) is 1. The van der Waals surface area contributed by atoms with Gasteiger partial charge in [-0.1, -0.05) is 29.8 Å². The van der Waals surface area contributed by atoms with Crippen molar-refractivity contribution in [3.05, 3.63) is 70.0 Å². The molecule has 0 N–H and O–H groups in total. The molecule has 0 aliphatic carbocycles. The van der Waals surface area contributed by atoms with Gasteiger partial charge in [0, 0.05) is 24.9 Å². The van der Waals surface area contributed by atoms with E-state index in [1.54, 1.807) is 17.0 Å². The van der Waals surface area contributed by atoms with Gasteiger partial charge in [0.2, 0.25) is 5.91 Å². The average Bonchev–Trinajstić information content (AvgIpc) is 2.68. The van der Waals surface area contributed by atoms with Crippen molar-refractivity contribution < 1.29 is 18.7 Å². The van der Waals surface area contributed by atoms with Crippen LogP contribution in [0.1, 0.15) is 58.0 Å². The second kappa shape index (κ2) is 9.31. The summed E-state index contributed by atoms with van der Waals surface area (Å²) in [4.78, 5) is 27.1. The highest BCUT2D eigenvalue weighted by Crippen LogP contribution is 2.24. The van der Waals surface area contributed by atoms with Crippen molar-refractivity contribution in [2.24, 2.45) is 0 Å². The maximum absolute atomic E-state index is 13.1. The van der Waals surface area contributed by atoms with E-state index >= 15 is 0 Å². The van der Waals surface area contributed by atoms with Crippen LogP contribution in [0.15, 0.2) is 36.4 Å². The minimum Gasteiger partial charge on any atom is -0.370 e. The monoisotopic (exact) mass is 397 g/mol. The van der Waals surface area contributed by atoms with E-state index < -0.39 is 0 Å². The first kappa shape index (κ1) is 21.2. The van der Waals surface area contributed by atoms with E-state index in [0.29, 0.717) is 39.0 Å². The highest BCUT2D eigenvalue weighted by molar-refractivity contribution is 5.99. The van der Waals surface area contributed by atoms with Crippen LogP contribution in [0.4, 0.5) is 4.39 Å². The molecule has 0 spiro atoms. The van der Waals surface area contributed by atoms with Crippen LogP contribution in [-0.4, -0.2) is 36.3 Å². The summed E-state index contributed by atoms with van der Waals surface area (Å²) in [5, 5.41) is 0. The normalized spacial score (nSPS) is 16.7. The third-order valence-corrected chi connectivity index (χ3v) is 5.41. The lowest BCUT2D eigenvalue weighted by Gasteiger charge is -2.33. The number of ketones is 1. The summed E-state index contributed by atoms with van der Waals surface area (Å²) in [5.74, 6) is -0.161. The Labute approximate surface area is 171 Å². The number of halogens is 1. The summed E-state index contributed by atoms with van der Waals surface area (Å²) in [6.07, 6.45) is 0.990. The fraction of sp³-hybridized carbons (Fsp3) is 0.417. The minimum absolute atomic E-state index is 0.0329. The van der Waals surface area contributed by atoms with Crippen LogP contribution in [0.25, 0.3) is 0 Å². The largest absolute Gasteiger partial charge is 0.370 e. The van der Waals surface area contributed by atoms with Crippen molar-refractivity contribution in [2.75, 3.05) is 19.7 Å². The van der Waals surface area contributed by atoms with Gasteiger partial charge in [-0.15, -0.1) is 0 Å². The zero-order valence-electron chi connectivity index (χ0n) is 17.3. The third kappa shape index (κ3) is 5.30. The Balaban J connectivity index is 1.53. The number of ether oxygens (including phenoxy) is 1.